The molecule has 0 saturated heterocycles. The van der Waals surface area contributed by atoms with Gasteiger partial charge in [0.2, 0.25) is 5.89 Å². The lowest BCUT2D eigenvalue weighted by atomic mass is 10.4. The number of hydrogen-bond donors (Lipinski definition) is 1. The van der Waals surface area contributed by atoms with E-state index in [1.807, 2.05) is 0 Å². The van der Waals surface area contributed by atoms with Crippen LogP contribution in [0.15, 0.2) is 4.52 Å². The van der Waals surface area contributed by atoms with Crippen LogP contribution in [0.5, 0.6) is 0 Å². The molecule has 1 N–H and O–H groups in total. The lowest BCUT2D eigenvalue weighted by molar-refractivity contribution is -0.173. The Morgan fingerprint density at radius 1 is 1.47 bits per heavy atom. The van der Waals surface area contributed by atoms with Gasteiger partial charge in [-0.25, -0.2) is 0 Å². The highest BCUT2D eigenvalue weighted by Gasteiger charge is 2.27. The molecule has 0 aliphatic rings. The van der Waals surface area contributed by atoms with E-state index < -0.39 is 25.2 Å². The maximum atomic E-state index is 11.7. The molecule has 0 radical (unpaired) electrons. The van der Waals surface area contributed by atoms with Crippen molar-refractivity contribution < 1.29 is 32.3 Å². The molecule has 0 spiro atoms. The van der Waals surface area contributed by atoms with E-state index in [1.165, 1.54) is 0 Å². The Morgan fingerprint density at radius 2 is 2.18 bits per heavy atom. The molecule has 0 aliphatic heterocycles. The average Bonchev–Trinajstić information content (AvgIpc) is 2.58. The predicted octanol–water partition coefficient (Wildman–Crippen LogP) is 0.818. The molecule has 0 atom stereocenters. The Morgan fingerprint density at radius 3 is 2.76 bits per heavy atom. The summed E-state index contributed by atoms with van der Waals surface area (Å²) in [6.45, 7) is -1.56. The van der Waals surface area contributed by atoms with Gasteiger partial charge in [-0.3, -0.25) is 4.79 Å². The summed E-state index contributed by atoms with van der Waals surface area (Å²) in [5, 5.41) is 11.8. The molecule has 96 valence electrons. The Kier molecular flexibility index (Phi) is 4.44. The number of carboxylic acid groups (broad SMARTS) is 1. The first-order valence-electron chi connectivity index (χ1n) is 4.54. The summed E-state index contributed by atoms with van der Waals surface area (Å²) in [7, 11) is 0. The van der Waals surface area contributed by atoms with Gasteiger partial charge in [-0.15, -0.1) is 0 Å². The third-order valence-corrected chi connectivity index (χ3v) is 1.55. The van der Waals surface area contributed by atoms with Crippen LogP contribution in [0.1, 0.15) is 11.7 Å². The molecule has 0 unspecified atom stereocenters. The fourth-order valence-corrected chi connectivity index (χ4v) is 0.944. The quantitative estimate of drug-likeness (QED) is 0.756. The fourth-order valence-electron chi connectivity index (χ4n) is 0.944. The van der Waals surface area contributed by atoms with Crippen LogP contribution in [-0.2, 0) is 22.4 Å². The van der Waals surface area contributed by atoms with Crippen molar-refractivity contribution in [2.24, 2.45) is 0 Å². The zero-order valence-corrected chi connectivity index (χ0v) is 8.53. The molecule has 1 rings (SSSR count). The van der Waals surface area contributed by atoms with Crippen molar-refractivity contribution in [1.29, 1.82) is 0 Å². The summed E-state index contributed by atoms with van der Waals surface area (Å²) in [4.78, 5) is 13.9. The second-order valence-corrected chi connectivity index (χ2v) is 3.09. The number of alkyl halides is 3. The Bertz CT molecular complexity index is 377. The molecule has 0 aliphatic carbocycles. The van der Waals surface area contributed by atoms with Crippen molar-refractivity contribution in [3.05, 3.63) is 11.7 Å². The minimum absolute atomic E-state index is 0.0270. The lowest BCUT2D eigenvalue weighted by Crippen LogP contribution is -2.18. The van der Waals surface area contributed by atoms with Gasteiger partial charge in [-0.2, -0.15) is 18.2 Å². The highest BCUT2D eigenvalue weighted by atomic mass is 19.4. The van der Waals surface area contributed by atoms with Crippen molar-refractivity contribution in [3.63, 3.8) is 0 Å². The first-order chi connectivity index (χ1) is 7.87. The minimum atomic E-state index is -4.37. The topological polar surface area (TPSA) is 85.5 Å². The summed E-state index contributed by atoms with van der Waals surface area (Å²) in [6.07, 6.45) is -4.76. The van der Waals surface area contributed by atoms with Gasteiger partial charge in [-0.1, -0.05) is 5.16 Å². The molecule has 0 fully saturated rings. The maximum absolute atomic E-state index is 11.7. The van der Waals surface area contributed by atoms with Crippen molar-refractivity contribution in [2.45, 2.75) is 19.0 Å². The number of aliphatic carboxylic acids is 1. The highest BCUT2D eigenvalue weighted by Crippen LogP contribution is 2.14. The normalized spacial score (nSPS) is 11.7. The second kappa shape index (κ2) is 5.62. The highest BCUT2D eigenvalue weighted by molar-refractivity contribution is 5.68. The zero-order chi connectivity index (χ0) is 12.9. The molecule has 0 aromatic carbocycles. The van der Waals surface area contributed by atoms with Gasteiger partial charge in [0, 0.05) is 6.42 Å². The van der Waals surface area contributed by atoms with E-state index in [0.29, 0.717) is 0 Å². The summed E-state index contributed by atoms with van der Waals surface area (Å²) >= 11 is 0. The number of carbonyl (C=O) groups is 1. The largest absolute Gasteiger partial charge is 0.481 e. The molecular formula is C8H9F3N2O4. The average molecular weight is 254 g/mol. The van der Waals surface area contributed by atoms with E-state index in [9.17, 15) is 18.0 Å². The molecule has 0 saturated carbocycles. The summed E-state index contributed by atoms with van der Waals surface area (Å²) < 4.78 is 43.9. The van der Waals surface area contributed by atoms with Crippen molar-refractivity contribution in [3.8, 4) is 0 Å². The van der Waals surface area contributed by atoms with Crippen LogP contribution in [0.25, 0.3) is 0 Å². The van der Waals surface area contributed by atoms with Crippen LogP contribution in [0, 0.1) is 0 Å². The molecule has 6 nitrogen and oxygen atoms in total. The Balaban J connectivity index is 2.28. The van der Waals surface area contributed by atoms with Gasteiger partial charge < -0.3 is 14.4 Å². The monoisotopic (exact) mass is 254 g/mol. The zero-order valence-electron chi connectivity index (χ0n) is 8.53. The molecule has 1 aromatic rings. The number of aromatic nitrogens is 2. The number of rotatable bonds is 6. The van der Waals surface area contributed by atoms with Crippen LogP contribution in [0.2, 0.25) is 0 Å². The minimum Gasteiger partial charge on any atom is -0.481 e. The van der Waals surface area contributed by atoms with E-state index in [2.05, 4.69) is 19.4 Å². The SMILES string of the molecule is O=C(O)Cc1nc(CCOCC(F)(F)F)no1. The van der Waals surface area contributed by atoms with Crippen LogP contribution in [-0.4, -0.2) is 40.6 Å². The Hall–Kier alpha value is -1.64. The number of halogens is 3. The van der Waals surface area contributed by atoms with Gasteiger partial charge in [0.05, 0.1) is 6.61 Å². The summed E-state index contributed by atoms with van der Waals surface area (Å²) in [5.74, 6) is -1.11. The van der Waals surface area contributed by atoms with Crippen molar-refractivity contribution in [1.82, 2.24) is 10.1 Å². The number of hydrogen-bond acceptors (Lipinski definition) is 5. The van der Waals surface area contributed by atoms with E-state index >= 15 is 0 Å². The lowest BCUT2D eigenvalue weighted by Gasteiger charge is -2.05. The van der Waals surface area contributed by atoms with E-state index in [0.717, 1.165) is 0 Å². The molecule has 17 heavy (non-hydrogen) atoms. The third-order valence-electron chi connectivity index (χ3n) is 1.55. The molecule has 0 bridgehead atoms. The molecule has 9 heteroatoms. The van der Waals surface area contributed by atoms with Gasteiger partial charge in [0.25, 0.3) is 0 Å². The van der Waals surface area contributed by atoms with Crippen molar-refractivity contribution in [2.75, 3.05) is 13.2 Å². The van der Waals surface area contributed by atoms with Crippen molar-refractivity contribution >= 4 is 5.97 Å². The van der Waals surface area contributed by atoms with Gasteiger partial charge in [0.15, 0.2) is 5.82 Å². The second-order valence-electron chi connectivity index (χ2n) is 3.09. The molecular weight excluding hydrogens is 245 g/mol. The van der Waals surface area contributed by atoms with Gasteiger partial charge in [-0.05, 0) is 0 Å². The van der Waals surface area contributed by atoms with E-state index in [1.54, 1.807) is 0 Å². The smallest absolute Gasteiger partial charge is 0.411 e. The van der Waals surface area contributed by atoms with Crippen LogP contribution >= 0.6 is 0 Å². The number of nitrogens with zero attached hydrogens (tertiary/aromatic N) is 2. The predicted molar refractivity (Wildman–Crippen MR) is 46.2 cm³/mol. The molecule has 1 heterocycles. The maximum Gasteiger partial charge on any atom is 0.411 e. The van der Waals surface area contributed by atoms with Crippen LogP contribution in [0.4, 0.5) is 13.2 Å². The Labute approximate surface area is 93.4 Å². The number of ether oxygens (including phenoxy) is 1. The van der Waals surface area contributed by atoms with E-state index in [-0.39, 0.29) is 24.7 Å². The number of carboxylic acids is 1. The van der Waals surface area contributed by atoms with E-state index in [4.69, 9.17) is 5.11 Å². The summed E-state index contributed by atoms with van der Waals surface area (Å²) in [6, 6.07) is 0. The molecule has 0 amide bonds. The first kappa shape index (κ1) is 13.4. The van der Waals surface area contributed by atoms with Crippen LogP contribution in [0.3, 0.4) is 0 Å². The fraction of sp³-hybridized carbons (Fsp3) is 0.625. The third kappa shape index (κ3) is 5.85. The molecule has 1 aromatic heterocycles. The standard InChI is InChI=1S/C8H9F3N2O4/c9-8(10,11)4-16-2-1-5-12-6(17-13-5)3-7(14)15/h1-4H2,(H,14,15). The van der Waals surface area contributed by atoms with Gasteiger partial charge >= 0.3 is 12.1 Å². The summed E-state index contributed by atoms with van der Waals surface area (Å²) in [5.41, 5.74) is 0. The van der Waals surface area contributed by atoms with Crippen LogP contribution < -0.4 is 0 Å². The van der Waals surface area contributed by atoms with Gasteiger partial charge in [0.1, 0.15) is 13.0 Å². The first-order valence-corrected chi connectivity index (χ1v) is 4.54.